The number of rotatable bonds is 8. The molecule has 112 valence electrons. The quantitative estimate of drug-likeness (QED) is 0.660. The fraction of sp³-hybridized carbons (Fsp3) is 0.929. The molecular weight excluding hydrogens is 244 g/mol. The summed E-state index contributed by atoms with van der Waals surface area (Å²) in [5.41, 5.74) is 0. The minimum atomic E-state index is -0.638. The maximum absolute atomic E-state index is 11.3. The van der Waals surface area contributed by atoms with E-state index in [-0.39, 0.29) is 12.4 Å². The third kappa shape index (κ3) is 5.89. The molecule has 1 aliphatic rings. The van der Waals surface area contributed by atoms with E-state index in [1.807, 2.05) is 7.05 Å². The van der Waals surface area contributed by atoms with E-state index in [0.717, 1.165) is 13.1 Å². The summed E-state index contributed by atoms with van der Waals surface area (Å²) >= 11 is 0. The molecule has 0 amide bonds. The Hall–Kier alpha value is -0.650. The Bertz CT molecular complexity index is 273. The van der Waals surface area contributed by atoms with Crippen LogP contribution in [-0.2, 0) is 9.53 Å². The lowest BCUT2D eigenvalue weighted by Crippen LogP contribution is -2.41. The number of hydrogen-bond acceptors (Lipinski definition) is 5. The van der Waals surface area contributed by atoms with Crippen molar-refractivity contribution in [3.63, 3.8) is 0 Å². The van der Waals surface area contributed by atoms with E-state index >= 15 is 0 Å². The van der Waals surface area contributed by atoms with Gasteiger partial charge in [0.1, 0.15) is 0 Å². The largest absolute Gasteiger partial charge is 0.466 e. The van der Waals surface area contributed by atoms with Crippen LogP contribution in [-0.4, -0.2) is 72.9 Å². The van der Waals surface area contributed by atoms with Crippen molar-refractivity contribution in [1.29, 1.82) is 0 Å². The normalized spacial score (nSPS) is 21.8. The molecule has 0 spiro atoms. The van der Waals surface area contributed by atoms with Crippen LogP contribution in [0.3, 0.4) is 0 Å². The molecule has 0 aromatic heterocycles. The number of carbonyl (C=O) groups excluding carboxylic acids is 1. The van der Waals surface area contributed by atoms with Crippen LogP contribution in [0.5, 0.6) is 0 Å². The van der Waals surface area contributed by atoms with Gasteiger partial charge in [-0.3, -0.25) is 9.69 Å². The zero-order valence-electron chi connectivity index (χ0n) is 12.5. The molecule has 1 fully saturated rings. The summed E-state index contributed by atoms with van der Waals surface area (Å²) < 4.78 is 4.84. The molecule has 19 heavy (non-hydrogen) atoms. The third-order valence-corrected chi connectivity index (χ3v) is 3.66. The first-order valence-corrected chi connectivity index (χ1v) is 7.33. The van der Waals surface area contributed by atoms with Crippen LogP contribution in [0.4, 0.5) is 0 Å². The van der Waals surface area contributed by atoms with E-state index < -0.39 is 6.10 Å². The summed E-state index contributed by atoms with van der Waals surface area (Å²) in [5.74, 6) is -0.320. The molecule has 1 rings (SSSR count). The smallest absolute Gasteiger partial charge is 0.308 e. The second-order valence-corrected chi connectivity index (χ2v) is 5.31. The monoisotopic (exact) mass is 272 g/mol. The number of ether oxygens (including phenoxy) is 1. The van der Waals surface area contributed by atoms with Crippen molar-refractivity contribution >= 4 is 5.97 Å². The first-order chi connectivity index (χ1) is 9.06. The average molecular weight is 272 g/mol. The third-order valence-electron chi connectivity index (χ3n) is 3.66. The molecule has 1 heterocycles. The van der Waals surface area contributed by atoms with Gasteiger partial charge in [-0.1, -0.05) is 6.92 Å². The van der Waals surface area contributed by atoms with E-state index in [1.54, 1.807) is 6.92 Å². The van der Waals surface area contributed by atoms with Crippen LogP contribution in [0.1, 0.15) is 33.1 Å². The lowest BCUT2D eigenvalue weighted by molar-refractivity contribution is -0.145. The number of esters is 1. The van der Waals surface area contributed by atoms with Gasteiger partial charge in [-0.2, -0.15) is 0 Å². The van der Waals surface area contributed by atoms with Crippen LogP contribution < -0.4 is 0 Å². The molecule has 1 aliphatic heterocycles. The Morgan fingerprint density at radius 3 is 2.89 bits per heavy atom. The second kappa shape index (κ2) is 8.51. The molecule has 1 N–H and O–H groups in total. The molecular formula is C14H28N2O3. The van der Waals surface area contributed by atoms with Crippen molar-refractivity contribution in [2.45, 2.75) is 45.3 Å². The van der Waals surface area contributed by atoms with Gasteiger partial charge in [-0.05, 0) is 39.9 Å². The minimum absolute atomic E-state index is 0.0837. The van der Waals surface area contributed by atoms with Gasteiger partial charge in [0.05, 0.1) is 19.1 Å². The predicted octanol–water partition coefficient (Wildman–Crippen LogP) is 0.717. The Morgan fingerprint density at radius 1 is 1.53 bits per heavy atom. The first-order valence-electron chi connectivity index (χ1n) is 7.33. The molecule has 2 unspecified atom stereocenters. The molecule has 0 radical (unpaired) electrons. The molecule has 5 heteroatoms. The highest BCUT2D eigenvalue weighted by molar-refractivity contribution is 5.69. The summed E-state index contributed by atoms with van der Waals surface area (Å²) in [6.07, 6.45) is 1.94. The SMILES string of the molecule is CCOC(=O)CC(O)CN(C)CC1CCCN1CC. The summed E-state index contributed by atoms with van der Waals surface area (Å²) in [4.78, 5) is 15.9. The van der Waals surface area contributed by atoms with Gasteiger partial charge in [-0.15, -0.1) is 0 Å². The van der Waals surface area contributed by atoms with Crippen molar-refractivity contribution in [1.82, 2.24) is 9.80 Å². The summed E-state index contributed by atoms with van der Waals surface area (Å²) in [5, 5.41) is 9.86. The maximum Gasteiger partial charge on any atom is 0.308 e. The summed E-state index contributed by atoms with van der Waals surface area (Å²) in [6, 6.07) is 0.588. The highest BCUT2D eigenvalue weighted by Gasteiger charge is 2.24. The number of carbonyl (C=O) groups is 1. The van der Waals surface area contributed by atoms with E-state index in [1.165, 1.54) is 19.4 Å². The fourth-order valence-electron chi connectivity index (χ4n) is 2.79. The number of nitrogens with zero attached hydrogens (tertiary/aromatic N) is 2. The van der Waals surface area contributed by atoms with E-state index in [9.17, 15) is 9.90 Å². The van der Waals surface area contributed by atoms with Gasteiger partial charge in [0.25, 0.3) is 0 Å². The van der Waals surface area contributed by atoms with Crippen molar-refractivity contribution in [3.8, 4) is 0 Å². The summed E-state index contributed by atoms with van der Waals surface area (Å²) in [7, 11) is 2.00. The van der Waals surface area contributed by atoms with Crippen LogP contribution >= 0.6 is 0 Å². The summed E-state index contributed by atoms with van der Waals surface area (Å²) in [6.45, 7) is 8.07. The molecule has 0 saturated carbocycles. The molecule has 5 nitrogen and oxygen atoms in total. The van der Waals surface area contributed by atoms with Crippen LogP contribution in [0, 0.1) is 0 Å². The number of aliphatic hydroxyl groups is 1. The lowest BCUT2D eigenvalue weighted by atomic mass is 10.2. The highest BCUT2D eigenvalue weighted by atomic mass is 16.5. The van der Waals surface area contributed by atoms with Gasteiger partial charge in [0, 0.05) is 19.1 Å². The Morgan fingerprint density at radius 2 is 2.26 bits per heavy atom. The number of hydrogen-bond donors (Lipinski definition) is 1. The van der Waals surface area contributed by atoms with Gasteiger partial charge >= 0.3 is 5.97 Å². The topological polar surface area (TPSA) is 53.0 Å². The van der Waals surface area contributed by atoms with Gasteiger partial charge in [0.2, 0.25) is 0 Å². The second-order valence-electron chi connectivity index (χ2n) is 5.31. The predicted molar refractivity (Wildman–Crippen MR) is 75.0 cm³/mol. The minimum Gasteiger partial charge on any atom is -0.466 e. The van der Waals surface area contributed by atoms with Gasteiger partial charge in [0.15, 0.2) is 0 Å². The van der Waals surface area contributed by atoms with Crippen LogP contribution in [0.25, 0.3) is 0 Å². The van der Waals surface area contributed by atoms with Crippen molar-refractivity contribution in [2.75, 3.05) is 39.8 Å². The Labute approximate surface area is 116 Å². The van der Waals surface area contributed by atoms with E-state index in [0.29, 0.717) is 19.2 Å². The Balaban J connectivity index is 2.26. The molecule has 0 bridgehead atoms. The fourth-order valence-corrected chi connectivity index (χ4v) is 2.79. The molecule has 0 aliphatic carbocycles. The van der Waals surface area contributed by atoms with Crippen LogP contribution in [0.2, 0.25) is 0 Å². The molecule has 0 aromatic carbocycles. The van der Waals surface area contributed by atoms with E-state index in [4.69, 9.17) is 4.74 Å². The van der Waals surface area contributed by atoms with Gasteiger partial charge in [-0.25, -0.2) is 0 Å². The van der Waals surface area contributed by atoms with Crippen molar-refractivity contribution < 1.29 is 14.6 Å². The zero-order chi connectivity index (χ0) is 14.3. The lowest BCUT2D eigenvalue weighted by Gasteiger charge is -2.28. The standard InChI is InChI=1S/C14H28N2O3/c1-4-16-8-6-7-12(16)10-15(3)11-13(17)9-14(18)19-5-2/h12-13,17H,4-11H2,1-3H3. The van der Waals surface area contributed by atoms with Crippen molar-refractivity contribution in [3.05, 3.63) is 0 Å². The number of likely N-dealkylation sites (N-methyl/N-ethyl adjacent to an activating group) is 2. The molecule has 2 atom stereocenters. The maximum atomic E-state index is 11.3. The van der Waals surface area contributed by atoms with E-state index in [2.05, 4.69) is 16.7 Å². The Kier molecular flexibility index (Phi) is 7.34. The first kappa shape index (κ1) is 16.4. The average Bonchev–Trinajstić information content (AvgIpc) is 2.75. The zero-order valence-corrected chi connectivity index (χ0v) is 12.5. The van der Waals surface area contributed by atoms with Crippen LogP contribution in [0.15, 0.2) is 0 Å². The highest BCUT2D eigenvalue weighted by Crippen LogP contribution is 2.17. The van der Waals surface area contributed by atoms with Gasteiger partial charge < -0.3 is 14.7 Å². The number of aliphatic hydroxyl groups excluding tert-OH is 1. The molecule has 0 aromatic rings. The van der Waals surface area contributed by atoms with Crippen molar-refractivity contribution in [2.24, 2.45) is 0 Å². The number of likely N-dealkylation sites (tertiary alicyclic amines) is 1. The molecule has 1 saturated heterocycles.